The molecular weight excluding hydrogens is 286 g/mol. The summed E-state index contributed by atoms with van der Waals surface area (Å²) in [6.45, 7) is 8.24. The largest absolute Gasteiger partial charge is 0.354 e. The number of aromatic nitrogens is 1. The Morgan fingerprint density at radius 2 is 1.87 bits per heavy atom. The average molecular weight is 311 g/mol. The number of benzene rings is 1. The molecule has 1 amide bonds. The van der Waals surface area contributed by atoms with Crippen LogP contribution < -0.4 is 10.6 Å². The van der Waals surface area contributed by atoms with Crippen molar-refractivity contribution >= 4 is 23.1 Å². The lowest BCUT2D eigenvalue weighted by atomic mass is 10.0. The van der Waals surface area contributed by atoms with Crippen molar-refractivity contribution in [3.8, 4) is 0 Å². The Bertz CT molecular complexity index is 661. The van der Waals surface area contributed by atoms with Crippen LogP contribution in [0.15, 0.2) is 36.5 Å². The highest BCUT2D eigenvalue weighted by atomic mass is 16.1. The minimum absolute atomic E-state index is 0.0396. The molecule has 0 aliphatic carbocycles. The first-order valence-corrected chi connectivity index (χ1v) is 8.15. The normalized spacial score (nSPS) is 10.7. The van der Waals surface area contributed by atoms with Crippen molar-refractivity contribution in [1.29, 1.82) is 0 Å². The third-order valence-corrected chi connectivity index (χ3v) is 4.25. The Kier molecular flexibility index (Phi) is 5.74. The van der Waals surface area contributed by atoms with Crippen LogP contribution in [0.1, 0.15) is 37.8 Å². The molecule has 1 heterocycles. The molecule has 0 saturated heterocycles. The highest BCUT2D eigenvalue weighted by Gasteiger charge is 2.14. The number of aryl methyl sites for hydroxylation is 1. The van der Waals surface area contributed by atoms with E-state index < -0.39 is 0 Å². The lowest BCUT2D eigenvalue weighted by molar-refractivity contribution is -0.120. The molecular formula is C19H25N3O. The molecule has 2 rings (SSSR count). The van der Waals surface area contributed by atoms with E-state index in [1.165, 1.54) is 11.1 Å². The molecule has 1 aromatic carbocycles. The van der Waals surface area contributed by atoms with Crippen molar-refractivity contribution in [3.05, 3.63) is 47.7 Å². The summed E-state index contributed by atoms with van der Waals surface area (Å²) in [6.07, 6.45) is 3.42. The predicted octanol–water partition coefficient (Wildman–Crippen LogP) is 4.82. The third kappa shape index (κ3) is 4.31. The van der Waals surface area contributed by atoms with Crippen LogP contribution in [0.4, 0.5) is 17.2 Å². The average Bonchev–Trinajstić information content (AvgIpc) is 2.55. The van der Waals surface area contributed by atoms with Gasteiger partial charge < -0.3 is 10.6 Å². The van der Waals surface area contributed by atoms with E-state index in [4.69, 9.17) is 0 Å². The summed E-state index contributed by atoms with van der Waals surface area (Å²) in [5, 5.41) is 6.24. The second-order valence-corrected chi connectivity index (χ2v) is 5.81. The molecule has 0 unspecified atom stereocenters. The number of nitrogens with one attached hydrogen (secondary N) is 2. The van der Waals surface area contributed by atoms with Crippen LogP contribution in [-0.4, -0.2) is 10.9 Å². The molecule has 0 saturated carbocycles. The van der Waals surface area contributed by atoms with Crippen molar-refractivity contribution in [2.75, 3.05) is 10.6 Å². The SMILES string of the molecule is CCC(CC)C(=O)Nc1ccc(Nc2cccc(C)c2C)cn1. The summed E-state index contributed by atoms with van der Waals surface area (Å²) in [6, 6.07) is 9.92. The van der Waals surface area contributed by atoms with Gasteiger partial charge in [0.05, 0.1) is 11.9 Å². The maximum absolute atomic E-state index is 12.1. The van der Waals surface area contributed by atoms with Crippen LogP contribution in [0.5, 0.6) is 0 Å². The highest BCUT2D eigenvalue weighted by Crippen LogP contribution is 2.23. The minimum atomic E-state index is 0.0396. The quantitative estimate of drug-likeness (QED) is 0.804. The molecule has 0 fully saturated rings. The van der Waals surface area contributed by atoms with Gasteiger partial charge in [-0.25, -0.2) is 4.98 Å². The fourth-order valence-corrected chi connectivity index (χ4v) is 2.47. The summed E-state index contributed by atoms with van der Waals surface area (Å²) in [4.78, 5) is 16.4. The van der Waals surface area contributed by atoms with E-state index in [-0.39, 0.29) is 11.8 Å². The molecule has 4 heteroatoms. The van der Waals surface area contributed by atoms with E-state index in [0.29, 0.717) is 5.82 Å². The summed E-state index contributed by atoms with van der Waals surface area (Å²) < 4.78 is 0. The molecule has 0 radical (unpaired) electrons. The number of pyridine rings is 1. The standard InChI is InChI=1S/C19H25N3O/c1-5-15(6-2)19(23)22-18-11-10-16(12-20-18)21-17-9-7-8-13(3)14(17)4/h7-12,15,21H,5-6H2,1-4H3,(H,20,22,23). The van der Waals surface area contributed by atoms with Crippen LogP contribution in [0.2, 0.25) is 0 Å². The van der Waals surface area contributed by atoms with Crippen molar-refractivity contribution in [2.24, 2.45) is 5.92 Å². The number of nitrogens with zero attached hydrogens (tertiary/aromatic N) is 1. The van der Waals surface area contributed by atoms with Crippen molar-refractivity contribution in [3.63, 3.8) is 0 Å². The van der Waals surface area contributed by atoms with E-state index in [0.717, 1.165) is 24.2 Å². The Morgan fingerprint density at radius 3 is 2.48 bits per heavy atom. The van der Waals surface area contributed by atoms with Gasteiger partial charge in [0.1, 0.15) is 5.82 Å². The van der Waals surface area contributed by atoms with E-state index in [1.807, 2.05) is 38.1 Å². The van der Waals surface area contributed by atoms with Crippen LogP contribution in [0, 0.1) is 19.8 Å². The molecule has 0 aliphatic heterocycles. The van der Waals surface area contributed by atoms with Crippen LogP contribution >= 0.6 is 0 Å². The summed E-state index contributed by atoms with van der Waals surface area (Å²) in [5.74, 6) is 0.677. The van der Waals surface area contributed by atoms with E-state index in [2.05, 4.69) is 35.5 Å². The van der Waals surface area contributed by atoms with Crippen molar-refractivity contribution in [2.45, 2.75) is 40.5 Å². The van der Waals surface area contributed by atoms with Crippen LogP contribution in [-0.2, 0) is 4.79 Å². The summed E-state index contributed by atoms with van der Waals surface area (Å²) in [5.41, 5.74) is 4.44. The van der Waals surface area contributed by atoms with Gasteiger partial charge in [0, 0.05) is 11.6 Å². The molecule has 1 aromatic heterocycles. The molecule has 2 N–H and O–H groups in total. The van der Waals surface area contributed by atoms with Gasteiger partial charge in [-0.2, -0.15) is 0 Å². The van der Waals surface area contributed by atoms with E-state index in [1.54, 1.807) is 6.20 Å². The molecule has 0 aliphatic rings. The topological polar surface area (TPSA) is 54.0 Å². The predicted molar refractivity (Wildman–Crippen MR) is 96.1 cm³/mol. The Balaban J connectivity index is 2.05. The van der Waals surface area contributed by atoms with Gasteiger partial charge in [-0.1, -0.05) is 26.0 Å². The molecule has 0 bridgehead atoms. The van der Waals surface area contributed by atoms with E-state index >= 15 is 0 Å². The number of hydrogen-bond acceptors (Lipinski definition) is 3. The van der Waals surface area contributed by atoms with Gasteiger partial charge in [0.25, 0.3) is 0 Å². The Morgan fingerprint density at radius 1 is 1.13 bits per heavy atom. The number of amides is 1. The first-order valence-electron chi connectivity index (χ1n) is 8.15. The Labute approximate surface area is 138 Å². The van der Waals surface area contributed by atoms with Crippen molar-refractivity contribution in [1.82, 2.24) is 4.98 Å². The molecule has 0 atom stereocenters. The van der Waals surface area contributed by atoms with Gasteiger partial charge in [-0.3, -0.25) is 4.79 Å². The monoisotopic (exact) mass is 311 g/mol. The molecule has 23 heavy (non-hydrogen) atoms. The minimum Gasteiger partial charge on any atom is -0.354 e. The molecule has 2 aromatic rings. The van der Waals surface area contributed by atoms with Gasteiger partial charge in [0.2, 0.25) is 5.91 Å². The second-order valence-electron chi connectivity index (χ2n) is 5.81. The number of carbonyl (C=O) groups is 1. The van der Waals surface area contributed by atoms with Crippen LogP contribution in [0.25, 0.3) is 0 Å². The maximum atomic E-state index is 12.1. The zero-order valence-corrected chi connectivity index (χ0v) is 14.3. The molecule has 4 nitrogen and oxygen atoms in total. The van der Waals surface area contributed by atoms with Gasteiger partial charge >= 0.3 is 0 Å². The number of carbonyl (C=O) groups excluding carboxylic acids is 1. The van der Waals surface area contributed by atoms with Crippen LogP contribution in [0.3, 0.4) is 0 Å². The van der Waals surface area contributed by atoms with Crippen molar-refractivity contribution < 1.29 is 4.79 Å². The fraction of sp³-hybridized carbons (Fsp3) is 0.368. The highest BCUT2D eigenvalue weighted by molar-refractivity contribution is 5.91. The maximum Gasteiger partial charge on any atom is 0.228 e. The number of hydrogen-bond donors (Lipinski definition) is 2. The lowest BCUT2D eigenvalue weighted by Crippen LogP contribution is -2.22. The molecule has 122 valence electrons. The molecule has 0 spiro atoms. The van der Waals surface area contributed by atoms with Gasteiger partial charge in [-0.05, 0) is 56.0 Å². The van der Waals surface area contributed by atoms with E-state index in [9.17, 15) is 4.79 Å². The van der Waals surface area contributed by atoms with Gasteiger partial charge in [0.15, 0.2) is 0 Å². The summed E-state index contributed by atoms with van der Waals surface area (Å²) in [7, 11) is 0. The zero-order valence-electron chi connectivity index (χ0n) is 14.3. The second kappa shape index (κ2) is 7.77. The number of rotatable bonds is 6. The first kappa shape index (κ1) is 17.0. The Hall–Kier alpha value is -2.36. The number of anilines is 3. The smallest absolute Gasteiger partial charge is 0.228 e. The lowest BCUT2D eigenvalue weighted by Gasteiger charge is -2.13. The third-order valence-electron chi connectivity index (χ3n) is 4.25. The zero-order chi connectivity index (χ0) is 16.8. The van der Waals surface area contributed by atoms with Gasteiger partial charge in [-0.15, -0.1) is 0 Å². The fourth-order valence-electron chi connectivity index (χ4n) is 2.47. The summed E-state index contributed by atoms with van der Waals surface area (Å²) >= 11 is 0. The first-order chi connectivity index (χ1) is 11.0.